The van der Waals surface area contributed by atoms with Gasteiger partial charge in [0.05, 0.1) is 12.0 Å². The highest BCUT2D eigenvalue weighted by molar-refractivity contribution is 5.76. The second kappa shape index (κ2) is 7.68. The Morgan fingerprint density at radius 1 is 1.36 bits per heavy atom. The minimum absolute atomic E-state index is 0.129. The van der Waals surface area contributed by atoms with Gasteiger partial charge in [0.25, 0.3) is 0 Å². The van der Waals surface area contributed by atoms with Gasteiger partial charge >= 0.3 is 0 Å². The van der Waals surface area contributed by atoms with Crippen molar-refractivity contribution in [1.29, 1.82) is 0 Å². The summed E-state index contributed by atoms with van der Waals surface area (Å²) < 4.78 is 11.2. The second-order valence-electron chi connectivity index (χ2n) is 6.50. The second-order valence-corrected chi connectivity index (χ2v) is 6.50. The van der Waals surface area contributed by atoms with Crippen LogP contribution in [0.4, 0.5) is 0 Å². The average Bonchev–Trinajstić information content (AvgIpc) is 3.31. The van der Waals surface area contributed by atoms with E-state index in [1.807, 2.05) is 43.0 Å². The summed E-state index contributed by atoms with van der Waals surface area (Å²) in [4.78, 5) is 18.2. The molecule has 1 aliphatic heterocycles. The number of amides is 1. The molecule has 1 aromatic heterocycles. The van der Waals surface area contributed by atoms with Crippen LogP contribution in [-0.2, 0) is 4.79 Å². The molecule has 2 atom stereocenters. The van der Waals surface area contributed by atoms with Crippen molar-refractivity contribution in [2.24, 2.45) is 0 Å². The molecule has 2 heterocycles. The summed E-state index contributed by atoms with van der Waals surface area (Å²) in [6.07, 6.45) is 2.57. The van der Waals surface area contributed by atoms with Crippen LogP contribution in [0.2, 0.25) is 0 Å². The van der Waals surface area contributed by atoms with Crippen LogP contribution < -0.4 is 4.74 Å². The molecule has 134 valence electrons. The fourth-order valence-corrected chi connectivity index (χ4v) is 2.93. The van der Waals surface area contributed by atoms with E-state index < -0.39 is 0 Å². The molecule has 6 heteroatoms. The molecule has 1 amide bonds. The van der Waals surface area contributed by atoms with Crippen molar-refractivity contribution in [2.45, 2.75) is 52.1 Å². The minimum atomic E-state index is 0.129. The molecule has 25 heavy (non-hydrogen) atoms. The maximum Gasteiger partial charge on any atom is 0.231 e. The molecule has 1 aliphatic rings. The monoisotopic (exact) mass is 343 g/mol. The average molecular weight is 343 g/mol. The molecule has 0 bridgehead atoms. The van der Waals surface area contributed by atoms with Gasteiger partial charge in [0.15, 0.2) is 0 Å². The smallest absolute Gasteiger partial charge is 0.231 e. The quantitative estimate of drug-likeness (QED) is 0.801. The summed E-state index contributed by atoms with van der Waals surface area (Å²) >= 11 is 0. The van der Waals surface area contributed by atoms with Crippen molar-refractivity contribution < 1.29 is 14.1 Å². The van der Waals surface area contributed by atoms with Crippen molar-refractivity contribution in [3.8, 4) is 17.1 Å². The summed E-state index contributed by atoms with van der Waals surface area (Å²) in [7, 11) is 0. The van der Waals surface area contributed by atoms with Crippen LogP contribution in [0.3, 0.4) is 0 Å². The number of benzene rings is 1. The summed E-state index contributed by atoms with van der Waals surface area (Å²) in [5.41, 5.74) is 0.894. The minimum Gasteiger partial charge on any atom is -0.491 e. The highest BCUT2D eigenvalue weighted by Gasteiger charge is 2.30. The molecule has 1 saturated heterocycles. The molecular formula is C19H25N3O3. The van der Waals surface area contributed by atoms with Gasteiger partial charge in [-0.05, 0) is 44.0 Å². The Labute approximate surface area is 148 Å². The van der Waals surface area contributed by atoms with Crippen LogP contribution >= 0.6 is 0 Å². The number of carbonyl (C=O) groups excluding carboxylic acids is 1. The Hall–Kier alpha value is -2.37. The first kappa shape index (κ1) is 17.5. The number of ether oxygens (including phenoxy) is 1. The molecule has 0 saturated carbocycles. The number of rotatable bonds is 6. The zero-order valence-corrected chi connectivity index (χ0v) is 15.1. The molecule has 0 unspecified atom stereocenters. The summed E-state index contributed by atoms with van der Waals surface area (Å²) in [6.45, 7) is 7.45. The number of aromatic nitrogens is 2. The normalized spacial score (nSPS) is 18.4. The molecule has 2 aromatic rings. The Kier molecular flexibility index (Phi) is 5.36. The molecule has 0 aliphatic carbocycles. The van der Waals surface area contributed by atoms with Gasteiger partial charge in [0.2, 0.25) is 17.6 Å². The van der Waals surface area contributed by atoms with Gasteiger partial charge in [-0.3, -0.25) is 4.79 Å². The van der Waals surface area contributed by atoms with Gasteiger partial charge < -0.3 is 14.2 Å². The van der Waals surface area contributed by atoms with Gasteiger partial charge in [-0.25, -0.2) is 0 Å². The highest BCUT2D eigenvalue weighted by atomic mass is 16.5. The summed E-state index contributed by atoms with van der Waals surface area (Å²) in [5, 5.41) is 4.10. The van der Waals surface area contributed by atoms with Crippen molar-refractivity contribution in [3.63, 3.8) is 0 Å². The lowest BCUT2D eigenvalue weighted by molar-refractivity contribution is -0.129. The number of hydrogen-bond acceptors (Lipinski definition) is 5. The topological polar surface area (TPSA) is 68.5 Å². The van der Waals surface area contributed by atoms with E-state index in [0.717, 1.165) is 30.7 Å². The van der Waals surface area contributed by atoms with Gasteiger partial charge in [-0.1, -0.05) is 19.0 Å². The fraction of sp³-hybridized carbons (Fsp3) is 0.526. The fourth-order valence-electron chi connectivity index (χ4n) is 2.93. The molecule has 0 spiro atoms. The van der Waals surface area contributed by atoms with E-state index in [9.17, 15) is 4.79 Å². The molecule has 1 fully saturated rings. The predicted molar refractivity (Wildman–Crippen MR) is 94.3 cm³/mol. The van der Waals surface area contributed by atoms with E-state index >= 15 is 0 Å². The first-order valence-corrected chi connectivity index (χ1v) is 8.99. The van der Waals surface area contributed by atoms with Gasteiger partial charge in [-0.2, -0.15) is 4.98 Å². The van der Waals surface area contributed by atoms with Crippen molar-refractivity contribution in [3.05, 3.63) is 30.2 Å². The highest BCUT2D eigenvalue weighted by Crippen LogP contribution is 2.28. The maximum absolute atomic E-state index is 11.8. The maximum atomic E-state index is 11.8. The first-order valence-electron chi connectivity index (χ1n) is 8.99. The lowest BCUT2D eigenvalue weighted by Gasteiger charge is -2.13. The summed E-state index contributed by atoms with van der Waals surface area (Å²) in [5.74, 6) is 2.34. The zero-order valence-electron chi connectivity index (χ0n) is 15.1. The summed E-state index contributed by atoms with van der Waals surface area (Å²) in [6, 6.07) is 7.73. The molecule has 1 aromatic carbocycles. The molecule has 3 rings (SSSR count). The van der Waals surface area contributed by atoms with E-state index in [-0.39, 0.29) is 17.9 Å². The lowest BCUT2D eigenvalue weighted by atomic mass is 10.1. The van der Waals surface area contributed by atoms with Crippen LogP contribution in [-0.4, -0.2) is 40.1 Å². The van der Waals surface area contributed by atoms with E-state index in [1.165, 1.54) is 0 Å². The Morgan fingerprint density at radius 3 is 2.80 bits per heavy atom. The van der Waals surface area contributed by atoms with Crippen molar-refractivity contribution in [2.75, 3.05) is 13.1 Å². The van der Waals surface area contributed by atoms with E-state index in [1.54, 1.807) is 0 Å². The van der Waals surface area contributed by atoms with Crippen LogP contribution in [0, 0.1) is 0 Å². The molecular weight excluding hydrogens is 318 g/mol. The molecule has 6 nitrogen and oxygen atoms in total. The molecule has 0 N–H and O–H groups in total. The van der Waals surface area contributed by atoms with E-state index in [0.29, 0.717) is 24.7 Å². The van der Waals surface area contributed by atoms with E-state index in [4.69, 9.17) is 9.26 Å². The Morgan fingerprint density at radius 2 is 2.12 bits per heavy atom. The van der Waals surface area contributed by atoms with Gasteiger partial charge in [-0.15, -0.1) is 0 Å². The van der Waals surface area contributed by atoms with Crippen LogP contribution in [0.25, 0.3) is 11.4 Å². The van der Waals surface area contributed by atoms with Crippen LogP contribution in [0.1, 0.15) is 51.8 Å². The number of hydrogen-bond donors (Lipinski definition) is 0. The Balaban J connectivity index is 1.66. The third-order valence-electron chi connectivity index (χ3n) is 4.66. The van der Waals surface area contributed by atoms with Gasteiger partial charge in [0.1, 0.15) is 5.75 Å². The van der Waals surface area contributed by atoms with Crippen molar-refractivity contribution >= 4 is 5.91 Å². The predicted octanol–water partition coefficient (Wildman–Crippen LogP) is 3.64. The zero-order chi connectivity index (χ0) is 17.8. The largest absolute Gasteiger partial charge is 0.491 e. The number of carbonyl (C=O) groups is 1. The number of likely N-dealkylation sites (tertiary alicyclic amines) is 1. The van der Waals surface area contributed by atoms with Crippen LogP contribution in [0.5, 0.6) is 5.75 Å². The molecule has 0 radical (unpaired) electrons. The third-order valence-corrected chi connectivity index (χ3v) is 4.66. The van der Waals surface area contributed by atoms with E-state index in [2.05, 4.69) is 17.1 Å². The lowest BCUT2D eigenvalue weighted by Crippen LogP contribution is -2.27. The first-order chi connectivity index (χ1) is 12.1. The third kappa shape index (κ3) is 4.00. The van der Waals surface area contributed by atoms with Gasteiger partial charge in [0, 0.05) is 25.1 Å². The Bertz CT molecular complexity index is 711. The number of nitrogens with zero attached hydrogens (tertiary/aromatic N) is 3. The van der Waals surface area contributed by atoms with Crippen molar-refractivity contribution in [1.82, 2.24) is 15.0 Å². The standard InChI is InChI=1S/C19H25N3O3/c1-4-13(3)24-16-8-6-14(7-9-16)18-20-19(25-21-18)15-10-11-22(12-15)17(23)5-2/h6-9,13,15H,4-5,10-12H2,1-3H3/t13-,15-/m1/s1. The van der Waals surface area contributed by atoms with Crippen LogP contribution in [0.15, 0.2) is 28.8 Å². The SMILES string of the molecule is CCC(=O)N1CC[C@@H](c2nc(-c3ccc(O[C@H](C)CC)cc3)no2)C1.